The van der Waals surface area contributed by atoms with Crippen molar-refractivity contribution in [3.05, 3.63) is 52.9 Å². The Hall–Kier alpha value is -2.30. The number of rotatable bonds is 2. The number of nitrogens with one attached hydrogen (secondary N) is 1. The van der Waals surface area contributed by atoms with Crippen LogP contribution in [0.1, 0.15) is 70.4 Å². The molecule has 0 bridgehead atoms. The van der Waals surface area contributed by atoms with E-state index in [9.17, 15) is 4.79 Å². The van der Waals surface area contributed by atoms with Crippen molar-refractivity contribution in [2.24, 2.45) is 0 Å². The summed E-state index contributed by atoms with van der Waals surface area (Å²) in [5.41, 5.74) is 2.31. The minimum Gasteiger partial charge on any atom is -0.444 e. The quantitative estimate of drug-likeness (QED) is 0.818. The van der Waals surface area contributed by atoms with E-state index >= 15 is 0 Å². The third-order valence-corrected chi connectivity index (χ3v) is 5.02. The first-order valence-corrected chi connectivity index (χ1v) is 9.53. The van der Waals surface area contributed by atoms with E-state index in [1.165, 1.54) is 5.56 Å². The normalized spacial score (nSPS) is 20.1. The van der Waals surface area contributed by atoms with Crippen molar-refractivity contribution >= 4 is 6.09 Å². The molecule has 0 fully saturated rings. The van der Waals surface area contributed by atoms with Crippen LogP contribution in [0.15, 0.2) is 35.0 Å². The van der Waals surface area contributed by atoms with Gasteiger partial charge in [-0.15, -0.1) is 0 Å². The van der Waals surface area contributed by atoms with E-state index in [1.54, 1.807) is 6.20 Å². The maximum Gasteiger partial charge on any atom is 0.408 e. The molecule has 1 aliphatic carbocycles. The molecule has 1 unspecified atom stereocenters. The van der Waals surface area contributed by atoms with Crippen LogP contribution in [-0.4, -0.2) is 16.9 Å². The van der Waals surface area contributed by atoms with Gasteiger partial charge in [0.1, 0.15) is 11.4 Å². The van der Waals surface area contributed by atoms with Crippen molar-refractivity contribution < 1.29 is 14.1 Å². The van der Waals surface area contributed by atoms with Crippen molar-refractivity contribution in [3.8, 4) is 0 Å². The van der Waals surface area contributed by atoms with E-state index in [0.29, 0.717) is 6.42 Å². The van der Waals surface area contributed by atoms with Crippen LogP contribution in [0.25, 0.3) is 0 Å². The average molecular weight is 370 g/mol. The Kier molecular flexibility index (Phi) is 4.83. The number of alkyl carbamates (subject to hydrolysis) is 1. The van der Waals surface area contributed by atoms with Gasteiger partial charge in [-0.25, -0.2) is 4.79 Å². The first-order chi connectivity index (χ1) is 12.5. The number of ether oxygens (including phenoxy) is 1. The predicted molar refractivity (Wildman–Crippen MR) is 105 cm³/mol. The van der Waals surface area contributed by atoms with E-state index in [-0.39, 0.29) is 5.41 Å². The minimum atomic E-state index is -0.546. The lowest BCUT2D eigenvalue weighted by molar-refractivity contribution is 0.0437. The Bertz CT molecular complexity index is 827. The molecule has 0 saturated carbocycles. The van der Waals surface area contributed by atoms with Crippen molar-refractivity contribution in [1.82, 2.24) is 10.5 Å². The number of aryl methyl sites for hydroxylation is 1. The molecule has 0 radical (unpaired) electrons. The van der Waals surface area contributed by atoms with Crippen molar-refractivity contribution in [3.63, 3.8) is 0 Å². The molecule has 1 atom stereocenters. The Labute approximate surface area is 161 Å². The lowest BCUT2D eigenvalue weighted by Crippen LogP contribution is -2.51. The summed E-state index contributed by atoms with van der Waals surface area (Å²) in [6.07, 6.45) is 3.46. The predicted octanol–water partition coefficient (Wildman–Crippen LogP) is 4.88. The molecule has 5 nitrogen and oxygen atoms in total. The molecule has 1 amide bonds. The van der Waals surface area contributed by atoms with Gasteiger partial charge < -0.3 is 14.6 Å². The molecule has 0 aliphatic heterocycles. The Morgan fingerprint density at radius 1 is 1.22 bits per heavy atom. The molecule has 1 heterocycles. The molecule has 27 heavy (non-hydrogen) atoms. The third kappa shape index (κ3) is 4.34. The lowest BCUT2D eigenvalue weighted by Gasteiger charge is -2.39. The van der Waals surface area contributed by atoms with Gasteiger partial charge in [-0.3, -0.25) is 0 Å². The summed E-state index contributed by atoms with van der Waals surface area (Å²) in [4.78, 5) is 12.7. The van der Waals surface area contributed by atoms with E-state index < -0.39 is 17.2 Å². The minimum absolute atomic E-state index is 0.0279. The maximum atomic E-state index is 12.7. The fourth-order valence-corrected chi connectivity index (χ4v) is 3.58. The van der Waals surface area contributed by atoms with E-state index in [1.807, 2.05) is 20.8 Å². The summed E-state index contributed by atoms with van der Waals surface area (Å²) in [6, 6.07) is 8.50. The van der Waals surface area contributed by atoms with Gasteiger partial charge in [0.2, 0.25) is 0 Å². The molecule has 0 saturated heterocycles. The third-order valence-electron chi connectivity index (χ3n) is 5.02. The summed E-state index contributed by atoms with van der Waals surface area (Å²) < 4.78 is 10.9. The zero-order valence-corrected chi connectivity index (χ0v) is 17.2. The Morgan fingerprint density at radius 3 is 2.63 bits per heavy atom. The van der Waals surface area contributed by atoms with Gasteiger partial charge >= 0.3 is 6.09 Å². The summed E-state index contributed by atoms with van der Waals surface area (Å²) in [7, 11) is 0. The second-order valence-electron chi connectivity index (χ2n) is 9.49. The van der Waals surface area contributed by atoms with Crippen molar-refractivity contribution in [1.29, 1.82) is 0 Å². The molecule has 1 aromatic heterocycles. The Balaban J connectivity index is 2.00. The molecule has 5 heteroatoms. The van der Waals surface area contributed by atoms with Gasteiger partial charge in [0.25, 0.3) is 0 Å². The van der Waals surface area contributed by atoms with Crippen LogP contribution in [0.4, 0.5) is 4.79 Å². The SMILES string of the molecule is CC(C)(C)OC(=O)NC1(c2cccc(C(C)(C)C)c2)CCc2oncc2C1. The van der Waals surface area contributed by atoms with Crippen LogP contribution in [0, 0.1) is 0 Å². The number of aromatic nitrogens is 1. The van der Waals surface area contributed by atoms with Gasteiger partial charge in [0.05, 0.1) is 11.7 Å². The fourth-order valence-electron chi connectivity index (χ4n) is 3.58. The van der Waals surface area contributed by atoms with Crippen molar-refractivity contribution in [2.75, 3.05) is 0 Å². The monoisotopic (exact) mass is 370 g/mol. The number of hydrogen-bond acceptors (Lipinski definition) is 4. The molecule has 146 valence electrons. The molecule has 3 rings (SSSR count). The first kappa shape index (κ1) is 19.5. The number of amides is 1. The number of nitrogens with zero attached hydrogens (tertiary/aromatic N) is 1. The number of fused-ring (bicyclic) bond motifs is 1. The molecule has 1 N–H and O–H groups in total. The maximum absolute atomic E-state index is 12.7. The van der Waals surface area contributed by atoms with Crippen LogP contribution < -0.4 is 5.32 Å². The van der Waals surface area contributed by atoms with Gasteiger partial charge in [0, 0.05) is 18.4 Å². The zero-order chi connectivity index (χ0) is 19.9. The van der Waals surface area contributed by atoms with Crippen LogP contribution in [0.3, 0.4) is 0 Å². The van der Waals surface area contributed by atoms with Crippen LogP contribution >= 0.6 is 0 Å². The zero-order valence-electron chi connectivity index (χ0n) is 17.2. The highest BCUT2D eigenvalue weighted by Gasteiger charge is 2.40. The second kappa shape index (κ2) is 6.70. The topological polar surface area (TPSA) is 64.4 Å². The molecule has 1 aromatic carbocycles. The van der Waals surface area contributed by atoms with Gasteiger partial charge in [-0.05, 0) is 43.7 Å². The summed E-state index contributed by atoms with van der Waals surface area (Å²) in [5, 5.41) is 7.12. The molecule has 1 aliphatic rings. The number of carbonyl (C=O) groups is 1. The standard InChI is InChI=1S/C22H30N2O3/c1-20(2,3)16-8-7-9-17(12-16)22(24-19(25)26-21(4,5)6)11-10-18-15(13-22)14-23-27-18/h7-9,12,14H,10-11,13H2,1-6H3,(H,24,25). The Morgan fingerprint density at radius 2 is 1.96 bits per heavy atom. The highest BCUT2D eigenvalue weighted by Crippen LogP contribution is 2.38. The molecule has 2 aromatic rings. The highest BCUT2D eigenvalue weighted by molar-refractivity contribution is 5.69. The van der Waals surface area contributed by atoms with Crippen molar-refractivity contribution in [2.45, 2.75) is 77.4 Å². The van der Waals surface area contributed by atoms with E-state index in [2.05, 4.69) is 55.5 Å². The van der Waals surface area contributed by atoms with E-state index in [4.69, 9.17) is 9.26 Å². The van der Waals surface area contributed by atoms with Gasteiger partial charge in [-0.2, -0.15) is 0 Å². The largest absolute Gasteiger partial charge is 0.444 e. The van der Waals surface area contributed by atoms with Crippen LogP contribution in [-0.2, 0) is 28.5 Å². The number of hydrogen-bond donors (Lipinski definition) is 1. The number of carbonyl (C=O) groups excluding carboxylic acids is 1. The van der Waals surface area contributed by atoms with Gasteiger partial charge in [-0.1, -0.05) is 50.2 Å². The fraction of sp³-hybridized carbons (Fsp3) is 0.545. The van der Waals surface area contributed by atoms with Gasteiger partial charge in [0.15, 0.2) is 0 Å². The molecular weight excluding hydrogens is 340 g/mol. The number of benzene rings is 1. The summed E-state index contributed by atoms with van der Waals surface area (Å²) >= 11 is 0. The molecular formula is C22H30N2O3. The van der Waals surface area contributed by atoms with E-state index in [0.717, 1.165) is 29.7 Å². The lowest BCUT2D eigenvalue weighted by atomic mass is 9.74. The summed E-state index contributed by atoms with van der Waals surface area (Å²) in [5.74, 6) is 0.906. The summed E-state index contributed by atoms with van der Waals surface area (Å²) in [6.45, 7) is 12.2. The molecule has 0 spiro atoms. The smallest absolute Gasteiger partial charge is 0.408 e. The second-order valence-corrected chi connectivity index (χ2v) is 9.49. The van der Waals surface area contributed by atoms with Crippen LogP contribution in [0.5, 0.6) is 0 Å². The first-order valence-electron chi connectivity index (χ1n) is 9.53. The average Bonchev–Trinajstić information content (AvgIpc) is 2.99. The highest BCUT2D eigenvalue weighted by atomic mass is 16.6. The van der Waals surface area contributed by atoms with Crippen LogP contribution in [0.2, 0.25) is 0 Å².